The molecule has 0 amide bonds. The number of aryl methyl sites for hydroxylation is 2. The maximum absolute atomic E-state index is 4.66. The topological polar surface area (TPSA) is 103 Å². The summed E-state index contributed by atoms with van der Waals surface area (Å²) in [6, 6.07) is 141. The number of para-hydroxylation sites is 1. The standard InChI is InChI=1S/C17H10N.2C17H12N.C15H10N.C15H16N.C14H10N.C13H10N.C12H10N.4Ir/c1-2-7-14-12(6-1)13-8-3-4-9-15(13)17-16(14)10-5-11-18-17;1-2-13-7-9-15(10-8-13)17-12-11-14-5-3-4-6-16(14)18-17;1-2-13-8-10-17-15(12-13)9-11-16(18-17)14-6-4-3-5-7-14;1-2-11-9-10-16-15-13-6-4-3-5-12(13)7-8-14(11)15;1-15(2,3)13-9-7-12(8-10-13)14-6-4-5-11-16-14;1-10-8-9-15-14-12(10)7-6-11-4-2-3-5-13(11)14;1-2-11-8-9-13(14-10-11)12-6-4-3-5-7-12;1-10-7-8-13-12(9-10)11-5-3-2-4-6-11;;;;/h1-8,10-11H;2-9,11-12H,1H2;2-6,8-12H,1H2;2-5,7-10H,1H2;4-7,9-11H,1-3H3;2-4,6-9H,1H3;2-6,8-10H,1H2;2-5,7-9H,1H3;;;;/q8*-1;;;;. The molecule has 0 aliphatic heterocycles. The summed E-state index contributed by atoms with van der Waals surface area (Å²) in [4.78, 5) is 35.6. The second-order valence-electron chi connectivity index (χ2n) is 31.0. The molecule has 0 saturated carbocycles. The van der Waals surface area contributed by atoms with E-state index in [0.717, 1.165) is 138 Å². The molecule has 0 aliphatic carbocycles. The molecular formula is C120H90Ir4N8-8. The van der Waals surface area contributed by atoms with Crippen LogP contribution in [-0.4, -0.2) is 39.9 Å². The Kier molecular flexibility index (Phi) is 36.5. The summed E-state index contributed by atoms with van der Waals surface area (Å²) < 4.78 is 0. The van der Waals surface area contributed by atoms with Crippen molar-refractivity contribution in [2.45, 2.75) is 40.0 Å². The molecule has 0 saturated heterocycles. The Labute approximate surface area is 827 Å². The fourth-order valence-electron chi connectivity index (χ4n) is 14.5. The van der Waals surface area contributed by atoms with E-state index in [1.807, 2.05) is 274 Å². The Morgan fingerprint density at radius 3 is 1.33 bits per heavy atom. The van der Waals surface area contributed by atoms with Crippen molar-refractivity contribution < 1.29 is 80.4 Å². The summed E-state index contributed by atoms with van der Waals surface area (Å²) in [5.41, 5.74) is 23.3. The van der Waals surface area contributed by atoms with Gasteiger partial charge in [-0.15, -0.1) is 291 Å². The Morgan fingerprint density at radius 1 is 0.273 bits per heavy atom. The van der Waals surface area contributed by atoms with Gasteiger partial charge < -0.3 is 29.9 Å². The molecule has 0 aliphatic rings. The van der Waals surface area contributed by atoms with Crippen LogP contribution in [0.15, 0.2) is 409 Å². The van der Waals surface area contributed by atoms with E-state index in [2.05, 4.69) is 271 Å². The average molecular weight is 2410 g/mol. The maximum Gasteiger partial charge on any atom is 0.0595 e. The zero-order chi connectivity index (χ0) is 88.4. The van der Waals surface area contributed by atoms with Gasteiger partial charge in [-0.3, -0.25) is 9.97 Å². The van der Waals surface area contributed by atoms with Crippen molar-refractivity contribution in [1.82, 2.24) is 39.9 Å². The molecule has 12 heteroatoms. The van der Waals surface area contributed by atoms with Crippen LogP contribution in [0.4, 0.5) is 0 Å². The third-order valence-electron chi connectivity index (χ3n) is 21.4. The Balaban J connectivity index is 0.000000145. The van der Waals surface area contributed by atoms with E-state index in [9.17, 15) is 0 Å². The number of nitrogens with zero attached hydrogens (tertiary/aromatic N) is 8. The predicted octanol–water partition coefficient (Wildman–Crippen LogP) is 30.2. The number of benzene rings is 14. The van der Waals surface area contributed by atoms with Crippen molar-refractivity contribution in [3.05, 3.63) is 497 Å². The van der Waals surface area contributed by atoms with Crippen molar-refractivity contribution in [2.75, 3.05) is 0 Å². The molecule has 0 spiro atoms. The van der Waals surface area contributed by atoms with Gasteiger partial charge in [0.15, 0.2) is 0 Å². The minimum Gasteiger partial charge on any atom is -0.305 e. The first-order valence-electron chi connectivity index (χ1n) is 42.2. The summed E-state index contributed by atoms with van der Waals surface area (Å²) in [5.74, 6) is 0. The average Bonchev–Trinajstić information content (AvgIpc) is 0.748. The quantitative estimate of drug-likeness (QED) is 0.104. The summed E-state index contributed by atoms with van der Waals surface area (Å²) in [5, 5.41) is 15.2. The summed E-state index contributed by atoms with van der Waals surface area (Å²) in [7, 11) is 0. The second kappa shape index (κ2) is 48.7. The van der Waals surface area contributed by atoms with E-state index in [4.69, 9.17) is 0 Å². The SMILES string of the molecule is C=Cc1c[c-]c(-c2ccc3ccccc3n2)cc1.C=Cc1ccc(-c2[c-]cccc2)nc1.C=Cc1ccc2nc(-c3[c-]cccc3)ccc2c1.C=Cc1ccnc2c1ccc1ccc[c-]c12.CC(C)(C)c1c[c-]c(-c2ccccn2)cc1.Cc1ccnc(-c2[c-]cccc2)c1.Cc1ccnc2c1ccc1ccc[c-]c12.[Ir].[Ir].[Ir].[Ir].[c-]1cccc2c1c1ncccc1c1ccccc21. The van der Waals surface area contributed by atoms with Crippen molar-refractivity contribution in [1.29, 1.82) is 0 Å². The van der Waals surface area contributed by atoms with E-state index < -0.39 is 0 Å². The van der Waals surface area contributed by atoms with Crippen LogP contribution in [0.1, 0.15) is 59.7 Å². The van der Waals surface area contributed by atoms with Crippen LogP contribution in [0.25, 0.3) is 178 Å². The van der Waals surface area contributed by atoms with Gasteiger partial charge in [-0.25, -0.2) is 0 Å². The normalized spacial score (nSPS) is 10.3. The van der Waals surface area contributed by atoms with Crippen molar-refractivity contribution >= 4 is 122 Å². The third kappa shape index (κ3) is 25.2. The van der Waals surface area contributed by atoms with E-state index in [1.165, 1.54) is 54.4 Å². The number of fused-ring (bicyclic) bond motifs is 14. The molecule has 14 aromatic carbocycles. The Hall–Kier alpha value is -13.8. The van der Waals surface area contributed by atoms with Crippen LogP contribution in [0.3, 0.4) is 0 Å². The van der Waals surface area contributed by atoms with Gasteiger partial charge in [-0.1, -0.05) is 209 Å². The minimum atomic E-state index is 0. The largest absolute Gasteiger partial charge is 0.305 e. The van der Waals surface area contributed by atoms with Crippen LogP contribution in [0.2, 0.25) is 0 Å². The first kappa shape index (κ1) is 98.8. The second-order valence-corrected chi connectivity index (χ2v) is 31.0. The zero-order valence-electron chi connectivity index (χ0n) is 73.4. The molecule has 654 valence electrons. The predicted molar refractivity (Wildman–Crippen MR) is 538 cm³/mol. The van der Waals surface area contributed by atoms with E-state index in [0.29, 0.717) is 0 Å². The van der Waals surface area contributed by atoms with E-state index in [1.54, 1.807) is 12.3 Å². The van der Waals surface area contributed by atoms with Crippen LogP contribution in [-0.2, 0) is 85.8 Å². The van der Waals surface area contributed by atoms with Crippen LogP contribution in [0, 0.1) is 62.4 Å². The Morgan fingerprint density at radius 2 is 0.735 bits per heavy atom. The molecule has 22 aromatic rings. The summed E-state index contributed by atoms with van der Waals surface area (Å²) in [6.45, 7) is 25.8. The summed E-state index contributed by atoms with van der Waals surface area (Å²) >= 11 is 0. The fourth-order valence-corrected chi connectivity index (χ4v) is 14.5. The molecule has 8 heterocycles. The van der Waals surface area contributed by atoms with Gasteiger partial charge in [0.25, 0.3) is 0 Å². The van der Waals surface area contributed by atoms with Gasteiger partial charge in [-0.2, -0.15) is 0 Å². The van der Waals surface area contributed by atoms with Gasteiger partial charge in [0.2, 0.25) is 0 Å². The third-order valence-corrected chi connectivity index (χ3v) is 21.4. The molecule has 0 unspecified atom stereocenters. The molecule has 132 heavy (non-hydrogen) atoms. The van der Waals surface area contributed by atoms with Gasteiger partial charge in [0.05, 0.1) is 11.0 Å². The van der Waals surface area contributed by atoms with Gasteiger partial charge in [-0.05, 0) is 167 Å². The van der Waals surface area contributed by atoms with E-state index >= 15 is 0 Å². The van der Waals surface area contributed by atoms with Crippen molar-refractivity contribution in [3.63, 3.8) is 0 Å². The molecular weight excluding hydrogens is 2320 g/mol. The first-order valence-corrected chi connectivity index (χ1v) is 42.2. The number of hydrogen-bond donors (Lipinski definition) is 0. The van der Waals surface area contributed by atoms with Gasteiger partial charge >= 0.3 is 0 Å². The monoisotopic (exact) mass is 2410 g/mol. The van der Waals surface area contributed by atoms with Crippen LogP contribution >= 0.6 is 0 Å². The zero-order valence-corrected chi connectivity index (χ0v) is 83.0. The molecule has 0 atom stereocenters. The molecule has 0 bridgehead atoms. The van der Waals surface area contributed by atoms with Crippen LogP contribution < -0.4 is 0 Å². The van der Waals surface area contributed by atoms with Crippen molar-refractivity contribution in [3.8, 4) is 56.3 Å². The van der Waals surface area contributed by atoms with Gasteiger partial charge in [0.1, 0.15) is 0 Å². The molecule has 22 rings (SSSR count). The number of pyridine rings is 8. The smallest absolute Gasteiger partial charge is 0.0595 e. The molecule has 4 radical (unpaired) electrons. The molecule has 0 fully saturated rings. The maximum atomic E-state index is 4.66. The van der Waals surface area contributed by atoms with Crippen LogP contribution in [0.5, 0.6) is 0 Å². The first-order chi connectivity index (χ1) is 62.8. The number of hydrogen-bond acceptors (Lipinski definition) is 8. The molecule has 8 nitrogen and oxygen atoms in total. The fraction of sp³-hybridized carbons (Fsp3) is 0.0500. The molecule has 8 aromatic heterocycles. The Bertz CT molecular complexity index is 7350. The van der Waals surface area contributed by atoms with Gasteiger partial charge in [0, 0.05) is 118 Å². The minimum absolute atomic E-state index is 0. The number of aromatic nitrogens is 8. The molecule has 0 N–H and O–H groups in total. The number of rotatable bonds is 9. The summed E-state index contributed by atoms with van der Waals surface area (Å²) in [6.07, 6.45) is 18.3. The van der Waals surface area contributed by atoms with E-state index in [-0.39, 0.29) is 85.8 Å². The van der Waals surface area contributed by atoms with Crippen molar-refractivity contribution in [2.24, 2.45) is 0 Å².